The van der Waals surface area contributed by atoms with E-state index < -0.39 is 11.9 Å². The number of methoxy groups -OCH3 is 1. The fourth-order valence-corrected chi connectivity index (χ4v) is 2.48. The van der Waals surface area contributed by atoms with Crippen molar-refractivity contribution < 1.29 is 19.4 Å². The largest absolute Gasteiger partial charge is 0.493 e. The molecule has 0 amide bonds. The van der Waals surface area contributed by atoms with E-state index in [9.17, 15) is 4.79 Å². The molecule has 1 aromatic carbocycles. The van der Waals surface area contributed by atoms with E-state index >= 15 is 0 Å². The number of ether oxygens (including phenoxy) is 2. The van der Waals surface area contributed by atoms with Gasteiger partial charge in [-0.25, -0.2) is 0 Å². The van der Waals surface area contributed by atoms with Crippen molar-refractivity contribution in [1.82, 2.24) is 4.90 Å². The molecule has 1 aliphatic rings. The van der Waals surface area contributed by atoms with Crippen LogP contribution in [0.3, 0.4) is 0 Å². The number of benzene rings is 1. The second-order valence-corrected chi connectivity index (χ2v) is 5.59. The van der Waals surface area contributed by atoms with Gasteiger partial charge in [-0.05, 0) is 44.5 Å². The lowest BCUT2D eigenvalue weighted by molar-refractivity contribution is -0.138. The van der Waals surface area contributed by atoms with Gasteiger partial charge in [0, 0.05) is 13.1 Å². The van der Waals surface area contributed by atoms with Crippen molar-refractivity contribution in [1.29, 1.82) is 0 Å². The normalized spacial score (nSPS) is 18.2. The Morgan fingerprint density at radius 2 is 2.00 bits per heavy atom. The molecule has 0 saturated carbocycles. The van der Waals surface area contributed by atoms with Gasteiger partial charge in [0.2, 0.25) is 0 Å². The van der Waals surface area contributed by atoms with Crippen LogP contribution in [-0.4, -0.2) is 49.3 Å². The fraction of sp³-hybridized carbons (Fsp3) is 0.562. The average Bonchev–Trinajstić information content (AvgIpc) is 2.48. The number of carboxylic acid groups (broad SMARTS) is 1. The van der Waals surface area contributed by atoms with Crippen molar-refractivity contribution >= 4 is 5.97 Å². The van der Waals surface area contributed by atoms with Crippen LogP contribution < -0.4 is 9.47 Å². The maximum atomic E-state index is 11.1. The standard InChI is InChI=1S/C16H23NO4/c1-11(16(18)19)12-4-5-14(20-3)15(10-12)21-13-6-8-17(2)9-7-13/h4-5,10-11,13H,6-9H2,1-3H3,(H,18,19). The predicted octanol–water partition coefficient (Wildman–Crippen LogP) is 2.36. The Morgan fingerprint density at radius 3 is 2.57 bits per heavy atom. The van der Waals surface area contributed by atoms with Crippen LogP contribution in [0.4, 0.5) is 0 Å². The highest BCUT2D eigenvalue weighted by Gasteiger charge is 2.21. The Balaban J connectivity index is 2.16. The molecule has 0 radical (unpaired) electrons. The van der Waals surface area contributed by atoms with E-state index in [4.69, 9.17) is 14.6 Å². The van der Waals surface area contributed by atoms with Crippen molar-refractivity contribution in [3.63, 3.8) is 0 Å². The van der Waals surface area contributed by atoms with Gasteiger partial charge >= 0.3 is 5.97 Å². The minimum atomic E-state index is -0.842. The van der Waals surface area contributed by atoms with Crippen LogP contribution in [0, 0.1) is 0 Å². The Morgan fingerprint density at radius 1 is 1.33 bits per heavy atom. The van der Waals surface area contributed by atoms with Gasteiger partial charge in [0.15, 0.2) is 11.5 Å². The zero-order valence-corrected chi connectivity index (χ0v) is 12.8. The van der Waals surface area contributed by atoms with Crippen LogP contribution in [0.15, 0.2) is 18.2 Å². The molecule has 1 N–H and O–H groups in total. The topological polar surface area (TPSA) is 59.0 Å². The van der Waals surface area contributed by atoms with Gasteiger partial charge in [0.05, 0.1) is 13.0 Å². The highest BCUT2D eigenvalue weighted by Crippen LogP contribution is 2.33. The number of piperidine rings is 1. The van der Waals surface area contributed by atoms with Crippen LogP contribution in [0.5, 0.6) is 11.5 Å². The lowest BCUT2D eigenvalue weighted by atomic mass is 10.0. The molecule has 5 nitrogen and oxygen atoms in total. The van der Waals surface area contributed by atoms with Crippen LogP contribution in [0.2, 0.25) is 0 Å². The summed E-state index contributed by atoms with van der Waals surface area (Å²) >= 11 is 0. The maximum absolute atomic E-state index is 11.1. The second-order valence-electron chi connectivity index (χ2n) is 5.59. The molecular formula is C16H23NO4. The van der Waals surface area contributed by atoms with E-state index in [0.717, 1.165) is 31.5 Å². The first-order valence-electron chi connectivity index (χ1n) is 7.27. The maximum Gasteiger partial charge on any atom is 0.310 e. The second kappa shape index (κ2) is 6.80. The molecule has 1 atom stereocenters. The lowest BCUT2D eigenvalue weighted by Crippen LogP contribution is -2.35. The molecule has 0 aliphatic carbocycles. The van der Waals surface area contributed by atoms with E-state index in [0.29, 0.717) is 11.5 Å². The summed E-state index contributed by atoms with van der Waals surface area (Å²) in [5.74, 6) is -0.117. The third-order valence-electron chi connectivity index (χ3n) is 4.02. The molecule has 2 rings (SSSR count). The molecule has 1 fully saturated rings. The number of likely N-dealkylation sites (tertiary alicyclic amines) is 1. The molecule has 0 aromatic heterocycles. The highest BCUT2D eigenvalue weighted by molar-refractivity contribution is 5.75. The third kappa shape index (κ3) is 3.88. The number of rotatable bonds is 5. The van der Waals surface area contributed by atoms with Gasteiger partial charge < -0.3 is 19.5 Å². The quantitative estimate of drug-likeness (QED) is 0.903. The van der Waals surface area contributed by atoms with Crippen molar-refractivity contribution in [2.75, 3.05) is 27.2 Å². The lowest BCUT2D eigenvalue weighted by Gasteiger charge is -2.29. The first-order valence-corrected chi connectivity index (χ1v) is 7.27. The zero-order valence-electron chi connectivity index (χ0n) is 12.8. The zero-order chi connectivity index (χ0) is 15.4. The number of carbonyl (C=O) groups is 1. The molecule has 0 spiro atoms. The summed E-state index contributed by atoms with van der Waals surface area (Å²) in [7, 11) is 3.70. The molecule has 1 heterocycles. The summed E-state index contributed by atoms with van der Waals surface area (Å²) in [6.45, 7) is 3.69. The third-order valence-corrected chi connectivity index (χ3v) is 4.02. The molecular weight excluding hydrogens is 270 g/mol. The first-order chi connectivity index (χ1) is 10.0. The number of nitrogens with zero attached hydrogens (tertiary/aromatic N) is 1. The van der Waals surface area contributed by atoms with Crippen molar-refractivity contribution in [3.8, 4) is 11.5 Å². The van der Waals surface area contributed by atoms with Gasteiger partial charge in [-0.2, -0.15) is 0 Å². The summed E-state index contributed by atoms with van der Waals surface area (Å²) in [6, 6.07) is 5.34. The highest BCUT2D eigenvalue weighted by atomic mass is 16.5. The summed E-state index contributed by atoms with van der Waals surface area (Å²) in [5.41, 5.74) is 0.728. The fourth-order valence-electron chi connectivity index (χ4n) is 2.48. The molecule has 21 heavy (non-hydrogen) atoms. The van der Waals surface area contributed by atoms with Crippen LogP contribution in [-0.2, 0) is 4.79 Å². The predicted molar refractivity (Wildman–Crippen MR) is 80.2 cm³/mol. The van der Waals surface area contributed by atoms with Gasteiger partial charge in [0.25, 0.3) is 0 Å². The molecule has 1 unspecified atom stereocenters. The van der Waals surface area contributed by atoms with E-state index in [2.05, 4.69) is 11.9 Å². The smallest absolute Gasteiger partial charge is 0.310 e. The van der Waals surface area contributed by atoms with Gasteiger partial charge in [0.1, 0.15) is 6.10 Å². The monoisotopic (exact) mass is 293 g/mol. The number of carboxylic acids is 1. The molecule has 1 saturated heterocycles. The Hall–Kier alpha value is -1.75. The van der Waals surface area contributed by atoms with Gasteiger partial charge in [-0.15, -0.1) is 0 Å². The van der Waals surface area contributed by atoms with Crippen molar-refractivity contribution in [2.24, 2.45) is 0 Å². The minimum absolute atomic E-state index is 0.158. The Kier molecular flexibility index (Phi) is 5.07. The van der Waals surface area contributed by atoms with E-state index in [1.807, 2.05) is 0 Å². The molecule has 1 aromatic rings. The molecule has 1 aliphatic heterocycles. The van der Waals surface area contributed by atoms with Crippen molar-refractivity contribution in [2.45, 2.75) is 31.8 Å². The van der Waals surface area contributed by atoms with Gasteiger partial charge in [-0.1, -0.05) is 6.07 Å². The number of hydrogen-bond acceptors (Lipinski definition) is 4. The number of hydrogen-bond donors (Lipinski definition) is 1. The molecule has 0 bridgehead atoms. The Labute approximate surface area is 125 Å². The van der Waals surface area contributed by atoms with Crippen LogP contribution in [0.1, 0.15) is 31.2 Å². The summed E-state index contributed by atoms with van der Waals surface area (Å²) in [4.78, 5) is 13.4. The van der Waals surface area contributed by atoms with E-state index in [1.165, 1.54) is 0 Å². The first kappa shape index (κ1) is 15.6. The summed E-state index contributed by atoms with van der Waals surface area (Å²) in [5, 5.41) is 9.13. The summed E-state index contributed by atoms with van der Waals surface area (Å²) in [6.07, 6.45) is 2.10. The molecule has 116 valence electrons. The van der Waals surface area contributed by atoms with Crippen LogP contribution in [0.25, 0.3) is 0 Å². The minimum Gasteiger partial charge on any atom is -0.493 e. The summed E-state index contributed by atoms with van der Waals surface area (Å²) < 4.78 is 11.4. The van der Waals surface area contributed by atoms with E-state index in [-0.39, 0.29) is 6.10 Å². The van der Waals surface area contributed by atoms with Gasteiger partial charge in [-0.3, -0.25) is 4.79 Å². The van der Waals surface area contributed by atoms with Crippen LogP contribution >= 0.6 is 0 Å². The van der Waals surface area contributed by atoms with E-state index in [1.54, 1.807) is 32.2 Å². The van der Waals surface area contributed by atoms with Crippen molar-refractivity contribution in [3.05, 3.63) is 23.8 Å². The average molecular weight is 293 g/mol. The Bertz CT molecular complexity index is 495. The number of aliphatic carboxylic acids is 1. The molecule has 5 heteroatoms. The SMILES string of the molecule is COc1ccc(C(C)C(=O)O)cc1OC1CCN(C)CC1.